The van der Waals surface area contributed by atoms with E-state index in [-0.39, 0.29) is 0 Å². The third-order valence-corrected chi connectivity index (χ3v) is 4.55. The molecule has 0 aliphatic heterocycles. The van der Waals surface area contributed by atoms with E-state index in [0.717, 1.165) is 0 Å². The second-order valence-corrected chi connectivity index (χ2v) is 7.63. The van der Waals surface area contributed by atoms with Gasteiger partial charge in [-0.1, -0.05) is 64.7 Å². The summed E-state index contributed by atoms with van der Waals surface area (Å²) in [5.41, 5.74) is 0. The molecule has 0 aromatic carbocycles. The van der Waals surface area contributed by atoms with Crippen LogP contribution in [0.4, 0.5) is 0 Å². The molecule has 0 aromatic heterocycles. The predicted octanol–water partition coefficient (Wildman–Crippen LogP) is 4.33. The lowest BCUT2D eigenvalue weighted by Gasteiger charge is -2.25. The molecule has 0 N–H and O–H groups in total. The Labute approximate surface area is 147 Å². The van der Waals surface area contributed by atoms with Gasteiger partial charge in [0.2, 0.25) is 0 Å². The summed E-state index contributed by atoms with van der Waals surface area (Å²) < 4.78 is 0. The highest BCUT2D eigenvalue weighted by Gasteiger charge is 2.05. The van der Waals surface area contributed by atoms with Crippen molar-refractivity contribution in [3.63, 3.8) is 0 Å². The monoisotopic (exact) mass is 327 g/mol. The normalized spacial score (nSPS) is 12.0. The van der Waals surface area contributed by atoms with E-state index < -0.39 is 0 Å². The topological polar surface area (TPSA) is 9.72 Å². The van der Waals surface area contributed by atoms with Crippen LogP contribution in [-0.2, 0) is 0 Å². The molecule has 0 fully saturated rings. The van der Waals surface area contributed by atoms with Crippen LogP contribution in [0.1, 0.15) is 71.1 Å². The Bertz CT molecular complexity index is 217. The summed E-state index contributed by atoms with van der Waals surface area (Å²) >= 11 is 0. The first kappa shape index (κ1) is 22.9. The third kappa shape index (κ3) is 18.1. The van der Waals surface area contributed by atoms with Crippen molar-refractivity contribution in [3.05, 3.63) is 0 Å². The molecule has 0 atom stereocenters. The lowest BCUT2D eigenvalue weighted by molar-refractivity contribution is 0.215. The number of hydrogen-bond donors (Lipinski definition) is 0. The fraction of sp³-hybridized carbons (Fsp3) is 1.00. The fourth-order valence-electron chi connectivity index (χ4n) is 2.84. The van der Waals surface area contributed by atoms with Crippen LogP contribution in [0.15, 0.2) is 0 Å². The molecule has 0 unspecified atom stereocenters. The molecule has 0 aliphatic rings. The lowest BCUT2D eigenvalue weighted by atomic mass is 10.1. The first-order valence-corrected chi connectivity index (χ1v) is 10.1. The summed E-state index contributed by atoms with van der Waals surface area (Å²) in [5, 5.41) is 0. The van der Waals surface area contributed by atoms with Gasteiger partial charge in [0.1, 0.15) is 0 Å². The molecule has 23 heavy (non-hydrogen) atoms. The Kier molecular flexibility index (Phi) is 16.6. The molecule has 0 saturated carbocycles. The van der Waals surface area contributed by atoms with E-state index >= 15 is 0 Å². The van der Waals surface area contributed by atoms with E-state index in [9.17, 15) is 0 Å². The number of unbranched alkanes of at least 4 members (excludes halogenated alkanes) is 9. The van der Waals surface area contributed by atoms with Crippen molar-refractivity contribution in [3.8, 4) is 0 Å². The van der Waals surface area contributed by atoms with Gasteiger partial charge in [-0.25, -0.2) is 0 Å². The summed E-state index contributed by atoms with van der Waals surface area (Å²) in [4.78, 5) is 7.23. The Hall–Kier alpha value is -0.120. The van der Waals surface area contributed by atoms with Crippen LogP contribution in [0.5, 0.6) is 0 Å². The molecule has 0 spiro atoms. The Morgan fingerprint density at radius 3 is 1.22 bits per heavy atom. The third-order valence-electron chi connectivity index (χ3n) is 4.55. The molecule has 0 radical (unpaired) electrons. The first-order chi connectivity index (χ1) is 11.1. The molecule has 140 valence electrons. The first-order valence-electron chi connectivity index (χ1n) is 10.1. The Morgan fingerprint density at radius 1 is 0.435 bits per heavy atom. The zero-order valence-electron chi connectivity index (χ0n) is 16.9. The largest absolute Gasteiger partial charge is 0.308 e. The van der Waals surface area contributed by atoms with E-state index in [0.29, 0.717) is 0 Å². The molecule has 0 aliphatic carbocycles. The van der Waals surface area contributed by atoms with Gasteiger partial charge >= 0.3 is 0 Å². The zero-order chi connectivity index (χ0) is 17.3. The highest BCUT2D eigenvalue weighted by atomic mass is 15.2. The Balaban J connectivity index is 3.56. The van der Waals surface area contributed by atoms with Gasteiger partial charge < -0.3 is 14.7 Å². The van der Waals surface area contributed by atoms with E-state index in [4.69, 9.17) is 0 Å². The number of likely N-dealkylation sites (N-methyl/N-ethyl adjacent to an activating group) is 2. The van der Waals surface area contributed by atoms with Crippen LogP contribution >= 0.6 is 0 Å². The minimum Gasteiger partial charge on any atom is -0.308 e. The molecule has 0 heterocycles. The summed E-state index contributed by atoms with van der Waals surface area (Å²) in [6.45, 7) is 8.32. The molecular weight excluding hydrogens is 282 g/mol. The molecule has 3 heteroatoms. The van der Waals surface area contributed by atoms with Crippen molar-refractivity contribution < 1.29 is 0 Å². The number of hydrogen-bond acceptors (Lipinski definition) is 3. The minimum atomic E-state index is 1.17. The van der Waals surface area contributed by atoms with Gasteiger partial charge in [-0.3, -0.25) is 0 Å². The summed E-state index contributed by atoms with van der Waals surface area (Å²) in [6.07, 6.45) is 14.3. The van der Waals surface area contributed by atoms with E-state index in [1.165, 1.54) is 96.9 Å². The van der Waals surface area contributed by atoms with Crippen molar-refractivity contribution >= 4 is 0 Å². The van der Waals surface area contributed by atoms with Crippen molar-refractivity contribution in [2.45, 2.75) is 71.1 Å². The van der Waals surface area contributed by atoms with Crippen molar-refractivity contribution in [2.24, 2.45) is 0 Å². The lowest BCUT2D eigenvalue weighted by Crippen LogP contribution is -2.37. The van der Waals surface area contributed by atoms with Gasteiger partial charge in [-0.2, -0.15) is 0 Å². The maximum absolute atomic E-state index is 2.64. The highest BCUT2D eigenvalue weighted by molar-refractivity contribution is 4.62. The fourth-order valence-corrected chi connectivity index (χ4v) is 2.84. The molecule has 0 amide bonds. The van der Waals surface area contributed by atoms with Crippen LogP contribution < -0.4 is 0 Å². The molecule has 0 aromatic rings. The second kappa shape index (κ2) is 16.7. The Morgan fingerprint density at radius 2 is 0.826 bits per heavy atom. The number of rotatable bonds is 17. The van der Waals surface area contributed by atoms with Crippen molar-refractivity contribution in [2.75, 3.05) is 60.9 Å². The smallest absolute Gasteiger partial charge is 0.0110 e. The van der Waals surface area contributed by atoms with Crippen LogP contribution in [-0.4, -0.2) is 75.6 Å². The second-order valence-electron chi connectivity index (χ2n) is 7.63. The molecule has 0 rings (SSSR count). The van der Waals surface area contributed by atoms with Crippen LogP contribution in [0.2, 0.25) is 0 Å². The van der Waals surface area contributed by atoms with E-state index in [2.05, 4.69) is 49.8 Å². The van der Waals surface area contributed by atoms with Crippen molar-refractivity contribution in [1.82, 2.24) is 14.7 Å². The van der Waals surface area contributed by atoms with E-state index in [1.807, 2.05) is 0 Å². The summed E-state index contributed by atoms with van der Waals surface area (Å²) in [5.74, 6) is 0. The SMILES string of the molecule is CCCCCCCCCCCCN(CCN(C)C)CCN(C)C. The minimum absolute atomic E-state index is 1.17. The average Bonchev–Trinajstić information content (AvgIpc) is 2.50. The summed E-state index contributed by atoms with van der Waals surface area (Å²) in [6, 6.07) is 0. The predicted molar refractivity (Wildman–Crippen MR) is 105 cm³/mol. The van der Waals surface area contributed by atoms with E-state index in [1.54, 1.807) is 0 Å². The number of nitrogens with zero attached hydrogens (tertiary/aromatic N) is 3. The standard InChI is InChI=1S/C20H45N3/c1-6-7-8-9-10-11-12-13-14-15-16-23(19-17-21(2)3)20-18-22(4)5/h6-20H2,1-5H3. The molecular formula is C20H45N3. The quantitative estimate of drug-likeness (QED) is 0.368. The molecule has 3 nitrogen and oxygen atoms in total. The van der Waals surface area contributed by atoms with Gasteiger partial charge in [0, 0.05) is 26.2 Å². The van der Waals surface area contributed by atoms with Crippen LogP contribution in [0.25, 0.3) is 0 Å². The van der Waals surface area contributed by atoms with Gasteiger partial charge in [0.05, 0.1) is 0 Å². The van der Waals surface area contributed by atoms with Crippen molar-refractivity contribution in [1.29, 1.82) is 0 Å². The van der Waals surface area contributed by atoms with Gasteiger partial charge in [0.25, 0.3) is 0 Å². The highest BCUT2D eigenvalue weighted by Crippen LogP contribution is 2.10. The maximum atomic E-state index is 2.64. The summed E-state index contributed by atoms with van der Waals surface area (Å²) in [7, 11) is 8.69. The van der Waals surface area contributed by atoms with Gasteiger partial charge in [0.15, 0.2) is 0 Å². The maximum Gasteiger partial charge on any atom is 0.0110 e. The van der Waals surface area contributed by atoms with Crippen LogP contribution in [0, 0.1) is 0 Å². The van der Waals surface area contributed by atoms with Gasteiger partial charge in [-0.05, 0) is 41.2 Å². The molecule has 0 bridgehead atoms. The van der Waals surface area contributed by atoms with Gasteiger partial charge in [-0.15, -0.1) is 0 Å². The van der Waals surface area contributed by atoms with Crippen LogP contribution in [0.3, 0.4) is 0 Å². The average molecular weight is 328 g/mol. The molecule has 0 saturated heterocycles. The zero-order valence-corrected chi connectivity index (χ0v) is 16.9.